The van der Waals surface area contributed by atoms with Gasteiger partial charge in [-0.25, -0.2) is 19.6 Å². The van der Waals surface area contributed by atoms with Crippen LogP contribution in [0, 0.1) is 12.3 Å². The fourth-order valence-electron chi connectivity index (χ4n) is 3.06. The third-order valence-corrected chi connectivity index (χ3v) is 4.67. The largest absolute Gasteiger partial charge is 0.461 e. The number of anilines is 1. The van der Waals surface area contributed by atoms with E-state index in [1.807, 2.05) is 27.7 Å². The molecule has 0 atom stereocenters. The van der Waals surface area contributed by atoms with Gasteiger partial charge in [-0.2, -0.15) is 0 Å². The molecule has 8 heteroatoms. The number of nitrogens with zero attached hydrogens (tertiary/aromatic N) is 3. The average molecular weight is 393 g/mol. The first kappa shape index (κ1) is 21.9. The highest BCUT2D eigenvalue weighted by Gasteiger charge is 2.33. The molecule has 0 radical (unpaired) electrons. The second-order valence-corrected chi connectivity index (χ2v) is 8.56. The molecule has 28 heavy (non-hydrogen) atoms. The SMILES string of the molecule is CCOC(=O)c1ncc(C)nc1N1CCC(C)(CNC(=O)OC(C)(C)C)CC1. The molecule has 8 nitrogen and oxygen atoms in total. The van der Waals surface area contributed by atoms with Gasteiger partial charge in [0.05, 0.1) is 12.3 Å². The van der Waals surface area contributed by atoms with Gasteiger partial charge >= 0.3 is 12.1 Å². The topological polar surface area (TPSA) is 93.6 Å². The number of hydrogen-bond donors (Lipinski definition) is 1. The van der Waals surface area contributed by atoms with Gasteiger partial charge in [0.2, 0.25) is 0 Å². The summed E-state index contributed by atoms with van der Waals surface area (Å²) in [6, 6.07) is 0. The lowest BCUT2D eigenvalue weighted by molar-refractivity contribution is 0.0489. The minimum absolute atomic E-state index is 0.0469. The molecule has 1 N–H and O–H groups in total. The maximum absolute atomic E-state index is 12.2. The quantitative estimate of drug-likeness (QED) is 0.770. The van der Waals surface area contributed by atoms with Gasteiger partial charge in [-0.3, -0.25) is 0 Å². The lowest BCUT2D eigenvalue weighted by atomic mass is 9.80. The number of ether oxygens (including phenoxy) is 2. The summed E-state index contributed by atoms with van der Waals surface area (Å²) in [5.41, 5.74) is 0.446. The van der Waals surface area contributed by atoms with Crippen molar-refractivity contribution in [2.24, 2.45) is 5.41 Å². The lowest BCUT2D eigenvalue weighted by Crippen LogP contribution is -2.46. The molecule has 0 unspecified atom stereocenters. The van der Waals surface area contributed by atoms with Crippen molar-refractivity contribution in [2.45, 2.75) is 60.0 Å². The van der Waals surface area contributed by atoms with Gasteiger partial charge < -0.3 is 19.7 Å². The third kappa shape index (κ3) is 6.07. The van der Waals surface area contributed by atoms with Crippen molar-refractivity contribution in [1.29, 1.82) is 0 Å². The summed E-state index contributed by atoms with van der Waals surface area (Å²) >= 11 is 0. The van der Waals surface area contributed by atoms with E-state index in [9.17, 15) is 9.59 Å². The summed E-state index contributed by atoms with van der Waals surface area (Å²) < 4.78 is 10.4. The second kappa shape index (κ2) is 8.75. The van der Waals surface area contributed by atoms with Crippen molar-refractivity contribution < 1.29 is 19.1 Å². The standard InChI is InChI=1S/C20H32N4O4/c1-7-27-17(25)15-16(23-14(2)12-21-15)24-10-8-20(6,9-11-24)13-22-18(26)28-19(3,4)5/h12H,7-11,13H2,1-6H3,(H,22,26). The van der Waals surface area contributed by atoms with E-state index in [0.717, 1.165) is 31.6 Å². The Hall–Kier alpha value is -2.38. The third-order valence-electron chi connectivity index (χ3n) is 4.67. The number of amides is 1. The van der Waals surface area contributed by atoms with Gasteiger partial charge in [-0.1, -0.05) is 6.92 Å². The summed E-state index contributed by atoms with van der Waals surface area (Å²) in [4.78, 5) is 35.0. The Morgan fingerprint density at radius 3 is 2.50 bits per heavy atom. The zero-order chi connectivity index (χ0) is 20.9. The fourth-order valence-corrected chi connectivity index (χ4v) is 3.06. The Kier molecular flexibility index (Phi) is 6.85. The summed E-state index contributed by atoms with van der Waals surface area (Å²) in [6.45, 7) is 13.6. The number of carbonyl (C=O) groups excluding carboxylic acids is 2. The smallest absolute Gasteiger partial charge is 0.407 e. The predicted octanol–water partition coefficient (Wildman–Crippen LogP) is 3.09. The van der Waals surface area contributed by atoms with Crippen LogP contribution in [0.2, 0.25) is 0 Å². The van der Waals surface area contributed by atoms with E-state index in [4.69, 9.17) is 9.47 Å². The first-order valence-corrected chi connectivity index (χ1v) is 9.75. The molecule has 1 saturated heterocycles. The van der Waals surface area contributed by atoms with Crippen LogP contribution in [0.1, 0.15) is 63.6 Å². The minimum atomic E-state index is -0.512. The number of piperidine rings is 1. The van der Waals surface area contributed by atoms with E-state index in [0.29, 0.717) is 19.0 Å². The number of aryl methyl sites for hydroxylation is 1. The van der Waals surface area contributed by atoms with E-state index in [1.165, 1.54) is 0 Å². The lowest BCUT2D eigenvalue weighted by Gasteiger charge is -2.40. The van der Waals surface area contributed by atoms with Crippen LogP contribution in [0.3, 0.4) is 0 Å². The molecule has 2 rings (SSSR count). The van der Waals surface area contributed by atoms with E-state index >= 15 is 0 Å². The van der Waals surface area contributed by atoms with Crippen molar-refractivity contribution in [3.05, 3.63) is 17.6 Å². The molecule has 1 aromatic heterocycles. The Bertz CT molecular complexity index is 707. The Morgan fingerprint density at radius 1 is 1.29 bits per heavy atom. The normalized spacial score (nSPS) is 16.4. The van der Waals surface area contributed by atoms with E-state index in [1.54, 1.807) is 13.1 Å². The van der Waals surface area contributed by atoms with Gasteiger partial charge in [0.15, 0.2) is 11.5 Å². The van der Waals surface area contributed by atoms with E-state index in [-0.39, 0.29) is 11.1 Å². The maximum atomic E-state index is 12.2. The number of hydrogen-bond acceptors (Lipinski definition) is 7. The highest BCUT2D eigenvalue weighted by atomic mass is 16.6. The highest BCUT2D eigenvalue weighted by Crippen LogP contribution is 2.33. The van der Waals surface area contributed by atoms with Crippen molar-refractivity contribution in [2.75, 3.05) is 31.1 Å². The molecule has 0 bridgehead atoms. The van der Waals surface area contributed by atoms with Crippen LogP contribution in [0.5, 0.6) is 0 Å². The van der Waals surface area contributed by atoms with E-state index < -0.39 is 17.7 Å². The number of alkyl carbamates (subject to hydrolysis) is 1. The number of rotatable bonds is 5. The molecule has 0 aliphatic carbocycles. The van der Waals surface area contributed by atoms with Crippen LogP contribution in [0.4, 0.5) is 10.6 Å². The zero-order valence-corrected chi connectivity index (χ0v) is 17.8. The molecule has 1 aliphatic rings. The Labute approximate surface area is 167 Å². The Morgan fingerprint density at radius 2 is 1.93 bits per heavy atom. The monoisotopic (exact) mass is 392 g/mol. The summed E-state index contributed by atoms with van der Waals surface area (Å²) in [7, 11) is 0. The van der Waals surface area contributed by atoms with Gasteiger partial charge in [0.25, 0.3) is 0 Å². The Balaban J connectivity index is 2.00. The van der Waals surface area contributed by atoms with Gasteiger partial charge in [-0.05, 0) is 52.9 Å². The van der Waals surface area contributed by atoms with Crippen LogP contribution in [0.25, 0.3) is 0 Å². The van der Waals surface area contributed by atoms with Gasteiger partial charge in [0.1, 0.15) is 5.60 Å². The molecule has 1 fully saturated rings. The van der Waals surface area contributed by atoms with Crippen molar-refractivity contribution >= 4 is 17.9 Å². The fraction of sp³-hybridized carbons (Fsp3) is 0.700. The molecule has 2 heterocycles. The summed E-state index contributed by atoms with van der Waals surface area (Å²) in [5.74, 6) is 0.116. The van der Waals surface area contributed by atoms with E-state index in [2.05, 4.69) is 27.1 Å². The second-order valence-electron chi connectivity index (χ2n) is 8.56. The molecule has 0 aromatic carbocycles. The number of nitrogens with one attached hydrogen (secondary N) is 1. The molecular formula is C20H32N4O4. The van der Waals surface area contributed by atoms with Crippen LogP contribution < -0.4 is 10.2 Å². The van der Waals surface area contributed by atoms with Gasteiger partial charge in [-0.15, -0.1) is 0 Å². The molecule has 0 spiro atoms. The van der Waals surface area contributed by atoms with Crippen LogP contribution >= 0.6 is 0 Å². The van der Waals surface area contributed by atoms with Crippen molar-refractivity contribution in [3.8, 4) is 0 Å². The first-order valence-electron chi connectivity index (χ1n) is 9.75. The minimum Gasteiger partial charge on any atom is -0.461 e. The van der Waals surface area contributed by atoms with Crippen LogP contribution in [-0.2, 0) is 9.47 Å². The summed E-state index contributed by atoms with van der Waals surface area (Å²) in [5, 5.41) is 2.88. The molecule has 1 aliphatic heterocycles. The molecule has 1 amide bonds. The maximum Gasteiger partial charge on any atom is 0.407 e. The highest BCUT2D eigenvalue weighted by molar-refractivity contribution is 5.92. The zero-order valence-electron chi connectivity index (χ0n) is 17.8. The van der Waals surface area contributed by atoms with Crippen molar-refractivity contribution in [3.63, 3.8) is 0 Å². The number of esters is 1. The molecule has 156 valence electrons. The van der Waals surface area contributed by atoms with Crippen LogP contribution in [0.15, 0.2) is 6.20 Å². The van der Waals surface area contributed by atoms with Crippen LogP contribution in [-0.4, -0.2) is 53.9 Å². The average Bonchev–Trinajstić information content (AvgIpc) is 2.59. The molecular weight excluding hydrogens is 360 g/mol. The van der Waals surface area contributed by atoms with Gasteiger partial charge in [0, 0.05) is 25.8 Å². The number of aromatic nitrogens is 2. The first-order chi connectivity index (χ1) is 13.0. The predicted molar refractivity (Wildman–Crippen MR) is 107 cm³/mol. The number of carbonyl (C=O) groups is 2. The molecule has 1 aromatic rings. The van der Waals surface area contributed by atoms with Crippen molar-refractivity contribution in [1.82, 2.24) is 15.3 Å². The summed E-state index contributed by atoms with van der Waals surface area (Å²) in [6.07, 6.45) is 2.88. The molecule has 0 saturated carbocycles.